The summed E-state index contributed by atoms with van der Waals surface area (Å²) in [6, 6.07) is 8.20. The number of benzene rings is 1. The number of carbonyl (C=O) groups is 1. The maximum absolute atomic E-state index is 12.3. The third-order valence-corrected chi connectivity index (χ3v) is 3.87. The summed E-state index contributed by atoms with van der Waals surface area (Å²) in [4.78, 5) is 14.1. The van der Waals surface area contributed by atoms with Gasteiger partial charge in [-0.05, 0) is 37.1 Å². The lowest BCUT2D eigenvalue weighted by molar-refractivity contribution is -0.139. The predicted molar refractivity (Wildman–Crippen MR) is 82.9 cm³/mol. The van der Waals surface area contributed by atoms with E-state index in [4.69, 9.17) is 5.73 Å². The molecule has 0 atom stereocenters. The summed E-state index contributed by atoms with van der Waals surface area (Å²) in [5.74, 6) is 0.162. The molecular weight excluding hydrogens is 304 g/mol. The first-order valence-electron chi connectivity index (χ1n) is 6.57. The van der Waals surface area contributed by atoms with Gasteiger partial charge >= 0.3 is 0 Å². The van der Waals surface area contributed by atoms with E-state index >= 15 is 0 Å². The van der Waals surface area contributed by atoms with Gasteiger partial charge in [-0.1, -0.05) is 41.9 Å². The number of hydrogen-bond acceptors (Lipinski definition) is 2. The van der Waals surface area contributed by atoms with E-state index in [1.165, 1.54) is 5.56 Å². The van der Waals surface area contributed by atoms with E-state index in [-0.39, 0.29) is 11.3 Å². The second-order valence-electron chi connectivity index (χ2n) is 5.53. The fourth-order valence-electron chi connectivity index (χ4n) is 2.03. The zero-order valence-corrected chi connectivity index (χ0v) is 13.5. The molecule has 1 aromatic rings. The first-order chi connectivity index (χ1) is 8.86. The molecule has 0 aliphatic carbocycles. The number of amides is 1. The van der Waals surface area contributed by atoms with Gasteiger partial charge < -0.3 is 10.6 Å². The van der Waals surface area contributed by atoms with Crippen LogP contribution in [0.25, 0.3) is 0 Å². The van der Waals surface area contributed by atoms with Gasteiger partial charge in [-0.15, -0.1) is 0 Å². The molecule has 19 heavy (non-hydrogen) atoms. The van der Waals surface area contributed by atoms with Crippen LogP contribution in [0.1, 0.15) is 25.8 Å². The summed E-state index contributed by atoms with van der Waals surface area (Å²) < 4.78 is 1.07. The Hall–Kier alpha value is -0.870. The lowest BCUT2D eigenvalue weighted by Gasteiger charge is -2.29. The molecule has 0 spiro atoms. The first-order valence-corrected chi connectivity index (χ1v) is 7.36. The molecule has 0 saturated heterocycles. The van der Waals surface area contributed by atoms with Crippen LogP contribution in [-0.4, -0.2) is 30.9 Å². The highest BCUT2D eigenvalue weighted by molar-refractivity contribution is 9.10. The Morgan fingerprint density at radius 2 is 1.89 bits per heavy atom. The van der Waals surface area contributed by atoms with Gasteiger partial charge in [0.1, 0.15) is 0 Å². The fraction of sp³-hybridized carbons (Fsp3) is 0.533. The lowest BCUT2D eigenvalue weighted by Crippen LogP contribution is -2.40. The standard InChI is InChI=1S/C15H23BrN2O/c1-15(2,9-10-17)14(19)18(3)11-8-12-4-6-13(16)7-5-12/h4-7H,8-11,17H2,1-3H3. The summed E-state index contributed by atoms with van der Waals surface area (Å²) in [7, 11) is 1.86. The molecule has 0 fully saturated rings. The van der Waals surface area contributed by atoms with Crippen molar-refractivity contribution >= 4 is 21.8 Å². The molecule has 106 valence electrons. The average Bonchev–Trinajstić information content (AvgIpc) is 2.36. The molecule has 3 nitrogen and oxygen atoms in total. The number of likely N-dealkylation sites (N-methyl/N-ethyl adjacent to an activating group) is 1. The second kappa shape index (κ2) is 7.06. The number of nitrogens with two attached hydrogens (primary N) is 1. The Morgan fingerprint density at radius 1 is 1.32 bits per heavy atom. The van der Waals surface area contributed by atoms with E-state index in [1.54, 1.807) is 4.90 Å². The van der Waals surface area contributed by atoms with Crippen molar-refractivity contribution in [3.63, 3.8) is 0 Å². The molecule has 2 N–H and O–H groups in total. The van der Waals surface area contributed by atoms with Crippen LogP contribution >= 0.6 is 15.9 Å². The molecule has 1 aromatic carbocycles. The molecule has 0 aliphatic rings. The van der Waals surface area contributed by atoms with Crippen molar-refractivity contribution in [3.05, 3.63) is 34.3 Å². The summed E-state index contributed by atoms with van der Waals surface area (Å²) in [5, 5.41) is 0. The van der Waals surface area contributed by atoms with Gasteiger partial charge in [-0.3, -0.25) is 4.79 Å². The minimum Gasteiger partial charge on any atom is -0.345 e. The van der Waals surface area contributed by atoms with E-state index in [0.717, 1.165) is 17.4 Å². The van der Waals surface area contributed by atoms with Crippen molar-refractivity contribution in [1.29, 1.82) is 0 Å². The first kappa shape index (κ1) is 16.2. The molecule has 4 heteroatoms. The van der Waals surface area contributed by atoms with Gasteiger partial charge in [-0.2, -0.15) is 0 Å². The molecule has 0 saturated carbocycles. The van der Waals surface area contributed by atoms with Crippen LogP contribution in [0.2, 0.25) is 0 Å². The monoisotopic (exact) mass is 326 g/mol. The molecule has 1 rings (SSSR count). The third kappa shape index (κ3) is 4.96. The van der Waals surface area contributed by atoms with Crippen molar-refractivity contribution in [2.24, 2.45) is 11.1 Å². The van der Waals surface area contributed by atoms with E-state index < -0.39 is 0 Å². The molecule has 0 aromatic heterocycles. The van der Waals surface area contributed by atoms with Crippen molar-refractivity contribution < 1.29 is 4.79 Å². The van der Waals surface area contributed by atoms with Gasteiger partial charge in [0.05, 0.1) is 0 Å². The number of rotatable bonds is 6. The summed E-state index contributed by atoms with van der Waals surface area (Å²) in [6.45, 7) is 5.18. The SMILES string of the molecule is CN(CCc1ccc(Br)cc1)C(=O)C(C)(C)CCN. The molecule has 1 amide bonds. The Kier molecular flexibility index (Phi) is 6.01. The predicted octanol–water partition coefficient (Wildman–Crippen LogP) is 2.83. The van der Waals surface area contributed by atoms with Crippen LogP contribution in [0, 0.1) is 5.41 Å². The average molecular weight is 327 g/mol. The molecule has 0 aliphatic heterocycles. The quantitative estimate of drug-likeness (QED) is 0.873. The van der Waals surface area contributed by atoms with Gasteiger partial charge in [0.25, 0.3) is 0 Å². The molecule has 0 unspecified atom stereocenters. The minimum atomic E-state index is -0.372. The highest BCUT2D eigenvalue weighted by Gasteiger charge is 2.29. The van der Waals surface area contributed by atoms with Crippen LogP contribution in [-0.2, 0) is 11.2 Å². The largest absolute Gasteiger partial charge is 0.345 e. The topological polar surface area (TPSA) is 46.3 Å². The number of hydrogen-bond donors (Lipinski definition) is 1. The Morgan fingerprint density at radius 3 is 2.42 bits per heavy atom. The molecule has 0 heterocycles. The normalized spacial score (nSPS) is 11.4. The molecular formula is C15H23BrN2O. The smallest absolute Gasteiger partial charge is 0.228 e. The Labute approximate surface area is 124 Å². The Balaban J connectivity index is 2.53. The zero-order valence-electron chi connectivity index (χ0n) is 11.9. The highest BCUT2D eigenvalue weighted by Crippen LogP contribution is 2.22. The van der Waals surface area contributed by atoms with Gasteiger partial charge in [-0.25, -0.2) is 0 Å². The number of nitrogens with zero attached hydrogens (tertiary/aromatic N) is 1. The van der Waals surface area contributed by atoms with Crippen LogP contribution in [0.15, 0.2) is 28.7 Å². The number of halogens is 1. The van der Waals surface area contributed by atoms with Crippen molar-refractivity contribution in [1.82, 2.24) is 4.90 Å². The van der Waals surface area contributed by atoms with Crippen LogP contribution in [0.4, 0.5) is 0 Å². The molecule has 0 bridgehead atoms. The van der Waals surface area contributed by atoms with Crippen molar-refractivity contribution in [3.8, 4) is 0 Å². The summed E-state index contributed by atoms with van der Waals surface area (Å²) in [6.07, 6.45) is 1.59. The maximum Gasteiger partial charge on any atom is 0.228 e. The lowest BCUT2D eigenvalue weighted by atomic mass is 9.87. The Bertz CT molecular complexity index is 415. The second-order valence-corrected chi connectivity index (χ2v) is 6.44. The molecule has 0 radical (unpaired) electrons. The highest BCUT2D eigenvalue weighted by atomic mass is 79.9. The third-order valence-electron chi connectivity index (χ3n) is 3.34. The van der Waals surface area contributed by atoms with Crippen LogP contribution in [0.3, 0.4) is 0 Å². The van der Waals surface area contributed by atoms with E-state index in [0.29, 0.717) is 13.0 Å². The maximum atomic E-state index is 12.3. The van der Waals surface area contributed by atoms with Crippen LogP contribution in [0.5, 0.6) is 0 Å². The van der Waals surface area contributed by atoms with E-state index in [1.807, 2.05) is 33.0 Å². The van der Waals surface area contributed by atoms with Crippen molar-refractivity contribution in [2.75, 3.05) is 20.1 Å². The van der Waals surface area contributed by atoms with Gasteiger partial charge in [0.15, 0.2) is 0 Å². The zero-order chi connectivity index (χ0) is 14.5. The fourth-order valence-corrected chi connectivity index (χ4v) is 2.30. The van der Waals surface area contributed by atoms with Gasteiger partial charge in [0.2, 0.25) is 5.91 Å². The van der Waals surface area contributed by atoms with Crippen molar-refractivity contribution in [2.45, 2.75) is 26.7 Å². The summed E-state index contributed by atoms with van der Waals surface area (Å²) in [5.41, 5.74) is 6.42. The minimum absolute atomic E-state index is 0.162. The van der Waals surface area contributed by atoms with Crippen LogP contribution < -0.4 is 5.73 Å². The number of carbonyl (C=O) groups excluding carboxylic acids is 1. The summed E-state index contributed by atoms with van der Waals surface area (Å²) >= 11 is 3.42. The van der Waals surface area contributed by atoms with E-state index in [2.05, 4.69) is 28.1 Å². The van der Waals surface area contributed by atoms with E-state index in [9.17, 15) is 4.79 Å². The van der Waals surface area contributed by atoms with Gasteiger partial charge in [0, 0.05) is 23.5 Å².